The Balaban J connectivity index is 0.00000199. The molecule has 1 heterocycles. The predicted octanol–water partition coefficient (Wildman–Crippen LogP) is 3.52. The molecule has 2 amide bonds. The molecule has 3 rings (SSSR count). The lowest BCUT2D eigenvalue weighted by Gasteiger charge is -2.39. The van der Waals surface area contributed by atoms with Gasteiger partial charge in [-0.25, -0.2) is 9.37 Å². The number of rotatable bonds is 7. The molecule has 9 nitrogen and oxygen atoms in total. The van der Waals surface area contributed by atoms with Crippen LogP contribution >= 0.6 is 0 Å². The van der Waals surface area contributed by atoms with E-state index in [2.05, 4.69) is 15.3 Å². The van der Waals surface area contributed by atoms with Crippen molar-refractivity contribution in [1.29, 1.82) is 0 Å². The molecular weight excluding hydrogens is 439 g/mol. The summed E-state index contributed by atoms with van der Waals surface area (Å²) in [6, 6.07) is 2.30. The number of carbonyl (C=O) groups is 2. The number of hydrogen-bond acceptors (Lipinski definition) is 7. The van der Waals surface area contributed by atoms with Crippen LogP contribution < -0.4 is 20.9 Å². The fraction of sp³-hybridized carbons (Fsp3) is 0.500. The maximum atomic E-state index is 14.3. The minimum Gasteiger partial charge on any atom is -0.390 e. The molecule has 1 aliphatic rings. The smallest absolute Gasteiger partial charge is 0.251 e. The van der Waals surface area contributed by atoms with Gasteiger partial charge in [-0.05, 0) is 57.2 Å². The van der Waals surface area contributed by atoms with Gasteiger partial charge in [0, 0.05) is 25.8 Å². The number of halogens is 1. The summed E-state index contributed by atoms with van der Waals surface area (Å²) in [5, 5.41) is 13.5. The molecule has 186 valence electrons. The van der Waals surface area contributed by atoms with Gasteiger partial charge in [-0.1, -0.05) is 13.8 Å². The molecule has 0 spiro atoms. The van der Waals surface area contributed by atoms with E-state index >= 15 is 0 Å². The summed E-state index contributed by atoms with van der Waals surface area (Å²) in [6.45, 7) is 7.47. The summed E-state index contributed by atoms with van der Waals surface area (Å²) in [5.74, 6) is -1.06. The van der Waals surface area contributed by atoms with Gasteiger partial charge in [-0.15, -0.1) is 0 Å². The molecular formula is C24H35FN6O3. The van der Waals surface area contributed by atoms with Crippen LogP contribution in [0.15, 0.2) is 18.3 Å². The number of aromatic nitrogens is 2. The normalized spacial score (nSPS) is 19.5. The molecule has 0 radical (unpaired) electrons. The summed E-state index contributed by atoms with van der Waals surface area (Å²) in [6.07, 6.45) is 4.95. The SMILES string of the molecule is CC.Cc1cc(C(N)=O)c(F)cc1Nc1ncc(N(C)C)c(N(C=O)C2CCCC(C)(O)C2)n1. The van der Waals surface area contributed by atoms with Crippen LogP contribution in [0.4, 0.5) is 27.5 Å². The highest BCUT2D eigenvalue weighted by molar-refractivity contribution is 5.94. The van der Waals surface area contributed by atoms with Gasteiger partial charge in [0.1, 0.15) is 5.82 Å². The van der Waals surface area contributed by atoms with Crippen molar-refractivity contribution >= 4 is 35.5 Å². The standard InChI is InChI=1S/C22H29FN6O3.C2H6/c1-13-8-15(19(24)31)16(23)9-17(13)26-21-25-11-18(28(3)4)20(27-21)29(12-30)14-6-5-7-22(2,32)10-14;1-2/h8-9,11-12,14,32H,5-7,10H2,1-4H3,(H2,24,31)(H,25,26,27);1-2H3. The Morgan fingerprint density at radius 2 is 2.03 bits per heavy atom. The van der Waals surface area contributed by atoms with Gasteiger partial charge in [-0.3, -0.25) is 14.5 Å². The van der Waals surface area contributed by atoms with E-state index in [9.17, 15) is 19.1 Å². The van der Waals surface area contributed by atoms with Gasteiger partial charge < -0.3 is 21.1 Å². The summed E-state index contributed by atoms with van der Waals surface area (Å²) in [5.41, 5.74) is 5.73. The highest BCUT2D eigenvalue weighted by atomic mass is 19.1. The molecule has 10 heteroatoms. The number of amides is 2. The minimum atomic E-state index is -0.854. The molecule has 1 aromatic heterocycles. The first-order chi connectivity index (χ1) is 16.0. The molecule has 0 saturated heterocycles. The van der Waals surface area contributed by atoms with Crippen LogP contribution in [0.25, 0.3) is 0 Å². The Morgan fingerprint density at radius 1 is 1.35 bits per heavy atom. The molecule has 1 saturated carbocycles. The van der Waals surface area contributed by atoms with E-state index in [1.165, 1.54) is 11.0 Å². The second-order valence-electron chi connectivity index (χ2n) is 8.69. The van der Waals surface area contributed by atoms with Crippen LogP contribution in [-0.2, 0) is 4.79 Å². The van der Waals surface area contributed by atoms with Gasteiger partial charge in [0.2, 0.25) is 12.4 Å². The van der Waals surface area contributed by atoms with Crippen LogP contribution in [0.5, 0.6) is 0 Å². The van der Waals surface area contributed by atoms with Crippen LogP contribution in [0.1, 0.15) is 62.4 Å². The quantitative estimate of drug-likeness (QED) is 0.525. The molecule has 1 aromatic carbocycles. The largest absolute Gasteiger partial charge is 0.390 e. The third kappa shape index (κ3) is 6.19. The average molecular weight is 475 g/mol. The second kappa shape index (κ2) is 11.2. The molecule has 0 bridgehead atoms. The van der Waals surface area contributed by atoms with Crippen LogP contribution in [-0.4, -0.2) is 53.1 Å². The highest BCUT2D eigenvalue weighted by Crippen LogP contribution is 2.35. The van der Waals surface area contributed by atoms with Gasteiger partial charge in [0.15, 0.2) is 5.82 Å². The fourth-order valence-corrected chi connectivity index (χ4v) is 4.03. The lowest BCUT2D eigenvalue weighted by molar-refractivity contribution is -0.108. The maximum Gasteiger partial charge on any atom is 0.251 e. The van der Waals surface area contributed by atoms with Crippen molar-refractivity contribution in [2.45, 2.75) is 65.0 Å². The topological polar surface area (TPSA) is 125 Å². The Bertz CT molecular complexity index is 1030. The molecule has 2 unspecified atom stereocenters. The number of primary amides is 1. The number of hydrogen-bond donors (Lipinski definition) is 3. The minimum absolute atomic E-state index is 0.161. The van der Waals surface area contributed by atoms with Crippen molar-refractivity contribution in [3.05, 3.63) is 35.3 Å². The number of nitrogens with one attached hydrogen (secondary N) is 1. The van der Waals surface area contributed by atoms with E-state index in [4.69, 9.17) is 5.73 Å². The van der Waals surface area contributed by atoms with E-state index in [0.29, 0.717) is 35.6 Å². The zero-order valence-corrected chi connectivity index (χ0v) is 20.7. The lowest BCUT2D eigenvalue weighted by atomic mass is 9.82. The monoisotopic (exact) mass is 474 g/mol. The summed E-state index contributed by atoms with van der Waals surface area (Å²) >= 11 is 0. The van der Waals surface area contributed by atoms with E-state index < -0.39 is 17.3 Å². The number of aliphatic hydroxyl groups is 1. The fourth-order valence-electron chi connectivity index (χ4n) is 4.03. The molecule has 34 heavy (non-hydrogen) atoms. The number of anilines is 4. The van der Waals surface area contributed by atoms with Crippen molar-refractivity contribution in [2.75, 3.05) is 29.2 Å². The number of nitrogens with zero attached hydrogens (tertiary/aromatic N) is 4. The molecule has 4 N–H and O–H groups in total. The second-order valence-corrected chi connectivity index (χ2v) is 8.69. The van der Waals surface area contributed by atoms with Crippen molar-refractivity contribution in [1.82, 2.24) is 9.97 Å². The van der Waals surface area contributed by atoms with Crippen LogP contribution in [0.3, 0.4) is 0 Å². The number of aryl methyl sites for hydroxylation is 1. The number of carbonyl (C=O) groups excluding carboxylic acids is 2. The van der Waals surface area contributed by atoms with Crippen molar-refractivity contribution in [2.24, 2.45) is 5.73 Å². The molecule has 1 aliphatic carbocycles. The maximum absolute atomic E-state index is 14.3. The van der Waals surface area contributed by atoms with Crippen LogP contribution in [0, 0.1) is 12.7 Å². The zero-order chi connectivity index (χ0) is 25.6. The number of nitrogens with two attached hydrogens (primary N) is 1. The first-order valence-corrected chi connectivity index (χ1v) is 11.4. The van der Waals surface area contributed by atoms with Crippen LogP contribution in [0.2, 0.25) is 0 Å². The van der Waals surface area contributed by atoms with Crippen molar-refractivity contribution in [3.63, 3.8) is 0 Å². The molecule has 1 fully saturated rings. The van der Waals surface area contributed by atoms with Crippen molar-refractivity contribution in [3.8, 4) is 0 Å². The van der Waals surface area contributed by atoms with Crippen molar-refractivity contribution < 1.29 is 19.1 Å². The van der Waals surface area contributed by atoms with Gasteiger partial charge in [0.05, 0.1) is 23.0 Å². The highest BCUT2D eigenvalue weighted by Gasteiger charge is 2.35. The average Bonchev–Trinajstić information content (AvgIpc) is 2.77. The predicted molar refractivity (Wildman–Crippen MR) is 132 cm³/mol. The van der Waals surface area contributed by atoms with E-state index in [1.807, 2.05) is 27.9 Å². The zero-order valence-electron chi connectivity index (χ0n) is 20.7. The Labute approximate surface area is 200 Å². The number of benzene rings is 1. The van der Waals surface area contributed by atoms with E-state index in [1.54, 1.807) is 24.9 Å². The molecule has 0 aliphatic heterocycles. The summed E-state index contributed by atoms with van der Waals surface area (Å²) in [7, 11) is 3.63. The Morgan fingerprint density at radius 3 is 2.59 bits per heavy atom. The summed E-state index contributed by atoms with van der Waals surface area (Å²) < 4.78 is 14.3. The van der Waals surface area contributed by atoms with Gasteiger partial charge >= 0.3 is 0 Å². The third-order valence-electron chi connectivity index (χ3n) is 5.74. The molecule has 2 aromatic rings. The third-order valence-corrected chi connectivity index (χ3v) is 5.74. The Hall–Kier alpha value is -3.27. The van der Waals surface area contributed by atoms with Gasteiger partial charge in [-0.2, -0.15) is 4.98 Å². The van der Waals surface area contributed by atoms with E-state index in [0.717, 1.165) is 25.3 Å². The summed E-state index contributed by atoms with van der Waals surface area (Å²) in [4.78, 5) is 35.7. The van der Waals surface area contributed by atoms with Gasteiger partial charge in [0.25, 0.3) is 5.91 Å². The van der Waals surface area contributed by atoms with E-state index in [-0.39, 0.29) is 17.6 Å². The molecule has 2 atom stereocenters. The first kappa shape index (κ1) is 27.0. The first-order valence-electron chi connectivity index (χ1n) is 11.4. The Kier molecular flexibility index (Phi) is 8.92. The lowest BCUT2D eigenvalue weighted by Crippen LogP contribution is -2.45.